The minimum absolute atomic E-state index is 0.296. The van der Waals surface area contributed by atoms with E-state index in [9.17, 15) is 9.59 Å². The molecule has 0 aromatic carbocycles. The summed E-state index contributed by atoms with van der Waals surface area (Å²) in [6.45, 7) is 0. The molecule has 13 heavy (non-hydrogen) atoms. The van der Waals surface area contributed by atoms with E-state index in [0.29, 0.717) is 0 Å². The first kappa shape index (κ1) is 14.3. The third-order valence-electron chi connectivity index (χ3n) is 0.553. The highest BCUT2D eigenvalue weighted by atomic mass is 32.3. The van der Waals surface area contributed by atoms with Crippen molar-refractivity contribution in [1.29, 1.82) is 0 Å². The lowest BCUT2D eigenvalue weighted by molar-refractivity contribution is -0.143. The maximum atomic E-state index is 9.64. The van der Waals surface area contributed by atoms with Crippen LogP contribution in [0.25, 0.3) is 0 Å². The van der Waals surface area contributed by atoms with Gasteiger partial charge in [-0.05, 0) is 0 Å². The lowest BCUT2D eigenvalue weighted by atomic mass is 10.3. The number of hydrogen-bond donors (Lipinski definition) is 4. The van der Waals surface area contributed by atoms with Gasteiger partial charge in [0.2, 0.25) is 0 Å². The average molecular weight is 216 g/mol. The molecule has 0 unspecified atom stereocenters. The number of carboxylic acids is 2. The van der Waals surface area contributed by atoms with E-state index in [1.165, 1.54) is 0 Å². The molecule has 9 heteroatoms. The molecule has 0 bridgehead atoms. The Kier molecular flexibility index (Phi) is 6.99. The summed E-state index contributed by atoms with van der Waals surface area (Å²) < 4.78 is 31.6. The molecule has 78 valence electrons. The van der Waals surface area contributed by atoms with Crippen molar-refractivity contribution in [3.8, 4) is 0 Å². The van der Waals surface area contributed by atoms with Crippen LogP contribution in [-0.4, -0.2) is 39.7 Å². The Balaban J connectivity index is 0. The van der Waals surface area contributed by atoms with Crippen molar-refractivity contribution in [1.82, 2.24) is 0 Å². The van der Waals surface area contributed by atoms with Crippen LogP contribution in [0.4, 0.5) is 0 Å². The standard InChI is InChI=1S/C4H6O4.H2O4S/c5-3(6)1-2-4(7)8;1-5(2,3)4/h1-2H2,(H,5,6)(H,7,8);(H2,1,2,3,4). The predicted octanol–water partition coefficient (Wildman–Crippen LogP) is -0.717. The van der Waals surface area contributed by atoms with Gasteiger partial charge in [0.1, 0.15) is 0 Å². The van der Waals surface area contributed by atoms with Gasteiger partial charge in [-0.15, -0.1) is 0 Å². The summed E-state index contributed by atoms with van der Waals surface area (Å²) in [5, 5.41) is 15.8. The topological polar surface area (TPSA) is 149 Å². The lowest BCUT2D eigenvalue weighted by Crippen LogP contribution is -2.00. The molecule has 0 aliphatic rings. The molecule has 0 saturated carbocycles. The van der Waals surface area contributed by atoms with Crippen LogP contribution in [0, 0.1) is 0 Å². The Bertz CT molecular complexity index is 242. The Morgan fingerprint density at radius 2 is 1.08 bits per heavy atom. The number of hydrogen-bond acceptors (Lipinski definition) is 4. The molecule has 0 aliphatic heterocycles. The largest absolute Gasteiger partial charge is 0.481 e. The average Bonchev–Trinajstić information content (AvgIpc) is 1.79. The molecule has 0 aliphatic carbocycles. The summed E-state index contributed by atoms with van der Waals surface area (Å²) in [4.78, 5) is 19.3. The summed E-state index contributed by atoms with van der Waals surface area (Å²) in [6.07, 6.45) is -0.593. The fraction of sp³-hybridized carbons (Fsp3) is 0.500. The second-order valence-corrected chi connectivity index (χ2v) is 2.63. The summed E-state index contributed by atoms with van der Waals surface area (Å²) in [5.41, 5.74) is 0. The number of carboxylic acid groups (broad SMARTS) is 2. The minimum atomic E-state index is -4.67. The van der Waals surface area contributed by atoms with Crippen molar-refractivity contribution < 1.29 is 37.3 Å². The van der Waals surface area contributed by atoms with Gasteiger partial charge in [-0.3, -0.25) is 18.7 Å². The van der Waals surface area contributed by atoms with E-state index in [1.54, 1.807) is 0 Å². The molecule has 8 nitrogen and oxygen atoms in total. The molecule has 0 aromatic heterocycles. The normalized spacial score (nSPS) is 9.69. The van der Waals surface area contributed by atoms with Crippen molar-refractivity contribution in [2.24, 2.45) is 0 Å². The van der Waals surface area contributed by atoms with E-state index < -0.39 is 22.3 Å². The molecular formula is C4H8O8S. The highest BCUT2D eigenvalue weighted by Crippen LogP contribution is 1.86. The van der Waals surface area contributed by atoms with Crippen LogP contribution >= 0.6 is 0 Å². The quantitative estimate of drug-likeness (QED) is 0.451. The van der Waals surface area contributed by atoms with E-state index in [2.05, 4.69) is 0 Å². The van der Waals surface area contributed by atoms with Crippen LogP contribution in [0.5, 0.6) is 0 Å². The van der Waals surface area contributed by atoms with E-state index in [1.807, 2.05) is 0 Å². The maximum Gasteiger partial charge on any atom is 0.394 e. The van der Waals surface area contributed by atoms with Crippen molar-refractivity contribution >= 4 is 22.3 Å². The number of rotatable bonds is 3. The summed E-state index contributed by atoms with van der Waals surface area (Å²) in [5.74, 6) is -2.15. The molecule has 4 N–H and O–H groups in total. The molecule has 0 saturated heterocycles. The van der Waals surface area contributed by atoms with Gasteiger partial charge in [0.15, 0.2) is 0 Å². The van der Waals surface area contributed by atoms with Crippen LogP contribution in [0.2, 0.25) is 0 Å². The summed E-state index contributed by atoms with van der Waals surface area (Å²) >= 11 is 0. The van der Waals surface area contributed by atoms with Gasteiger partial charge in [0, 0.05) is 0 Å². The summed E-state index contributed by atoms with van der Waals surface area (Å²) in [6, 6.07) is 0. The minimum Gasteiger partial charge on any atom is -0.481 e. The van der Waals surface area contributed by atoms with Gasteiger partial charge in [-0.2, -0.15) is 8.42 Å². The Hall–Kier alpha value is -1.19. The monoisotopic (exact) mass is 216 g/mol. The van der Waals surface area contributed by atoms with E-state index in [-0.39, 0.29) is 12.8 Å². The first-order valence-electron chi connectivity index (χ1n) is 2.76. The lowest BCUT2D eigenvalue weighted by Gasteiger charge is -1.85. The van der Waals surface area contributed by atoms with E-state index in [0.717, 1.165) is 0 Å². The van der Waals surface area contributed by atoms with Crippen molar-refractivity contribution in [3.63, 3.8) is 0 Å². The smallest absolute Gasteiger partial charge is 0.394 e. The Morgan fingerprint density at radius 1 is 0.923 bits per heavy atom. The zero-order chi connectivity index (χ0) is 11.1. The van der Waals surface area contributed by atoms with Gasteiger partial charge in [0.25, 0.3) is 0 Å². The Labute approximate surface area is 73.4 Å². The van der Waals surface area contributed by atoms with Gasteiger partial charge in [-0.25, -0.2) is 0 Å². The van der Waals surface area contributed by atoms with Crippen molar-refractivity contribution in [2.45, 2.75) is 12.8 Å². The van der Waals surface area contributed by atoms with Gasteiger partial charge >= 0.3 is 22.3 Å². The van der Waals surface area contributed by atoms with Crippen LogP contribution in [0.3, 0.4) is 0 Å². The fourth-order valence-electron chi connectivity index (χ4n) is 0.214. The molecule has 0 aromatic rings. The molecular weight excluding hydrogens is 208 g/mol. The van der Waals surface area contributed by atoms with Gasteiger partial charge in [-0.1, -0.05) is 0 Å². The molecule has 0 radical (unpaired) electrons. The number of carbonyl (C=O) groups is 2. The zero-order valence-electron chi connectivity index (χ0n) is 6.24. The van der Waals surface area contributed by atoms with Crippen LogP contribution in [0.15, 0.2) is 0 Å². The number of aliphatic carboxylic acids is 2. The molecule has 0 amide bonds. The third kappa shape index (κ3) is 57.8. The Morgan fingerprint density at radius 3 is 1.15 bits per heavy atom. The van der Waals surface area contributed by atoms with Gasteiger partial charge < -0.3 is 10.2 Å². The molecule has 0 rings (SSSR count). The van der Waals surface area contributed by atoms with Crippen LogP contribution in [-0.2, 0) is 20.0 Å². The van der Waals surface area contributed by atoms with Crippen LogP contribution < -0.4 is 0 Å². The fourth-order valence-corrected chi connectivity index (χ4v) is 0.214. The zero-order valence-corrected chi connectivity index (χ0v) is 7.06. The van der Waals surface area contributed by atoms with Crippen molar-refractivity contribution in [2.75, 3.05) is 0 Å². The SMILES string of the molecule is O=C(O)CCC(=O)O.O=S(=O)(O)O. The molecule has 0 atom stereocenters. The molecule has 0 spiro atoms. The predicted molar refractivity (Wildman–Crippen MR) is 38.7 cm³/mol. The first-order chi connectivity index (χ1) is 5.63. The second kappa shape index (κ2) is 6.34. The maximum absolute atomic E-state index is 9.64. The highest BCUT2D eigenvalue weighted by molar-refractivity contribution is 7.79. The van der Waals surface area contributed by atoms with Gasteiger partial charge in [0.05, 0.1) is 12.8 Å². The van der Waals surface area contributed by atoms with E-state index >= 15 is 0 Å². The first-order valence-corrected chi connectivity index (χ1v) is 4.16. The van der Waals surface area contributed by atoms with Crippen molar-refractivity contribution in [3.05, 3.63) is 0 Å². The third-order valence-corrected chi connectivity index (χ3v) is 0.553. The van der Waals surface area contributed by atoms with Crippen LogP contribution in [0.1, 0.15) is 12.8 Å². The highest BCUT2D eigenvalue weighted by Gasteiger charge is 2.00. The summed E-state index contributed by atoms with van der Waals surface area (Å²) in [7, 11) is -4.67. The molecule has 0 heterocycles. The second-order valence-electron chi connectivity index (χ2n) is 1.74. The van der Waals surface area contributed by atoms with E-state index in [4.69, 9.17) is 27.7 Å². The molecule has 0 fully saturated rings.